The van der Waals surface area contributed by atoms with E-state index in [9.17, 15) is 24.5 Å². The zero-order valence-corrected chi connectivity index (χ0v) is 17.2. The smallest absolute Gasteiger partial charge is 0.338 e. The number of benzene rings is 2. The van der Waals surface area contributed by atoms with E-state index >= 15 is 0 Å². The van der Waals surface area contributed by atoms with Gasteiger partial charge in [-0.15, -0.1) is 0 Å². The maximum absolute atomic E-state index is 12.6. The van der Waals surface area contributed by atoms with Gasteiger partial charge in [-0.3, -0.25) is 10.1 Å². The quantitative estimate of drug-likeness (QED) is 0.247. The Kier molecular flexibility index (Phi) is 5.72. The minimum Gasteiger partial charge on any atom is -0.462 e. The van der Waals surface area contributed by atoms with Gasteiger partial charge in [-0.25, -0.2) is 14.4 Å². The number of carbonyl (C=O) groups excluding carboxylic acids is 2. The van der Waals surface area contributed by atoms with Crippen molar-refractivity contribution in [2.45, 2.75) is 32.8 Å². The molecule has 0 unspecified atom stereocenters. The fourth-order valence-electron chi connectivity index (χ4n) is 3.81. The number of hydrogen-bond donors (Lipinski definition) is 0. The number of nitrogens with zero attached hydrogens (tertiary/aromatic N) is 1. The van der Waals surface area contributed by atoms with Gasteiger partial charge >= 0.3 is 17.6 Å². The first-order valence-corrected chi connectivity index (χ1v) is 10.1. The number of ether oxygens (including phenoxy) is 2. The molecule has 0 fully saturated rings. The minimum atomic E-state index is -0.873. The summed E-state index contributed by atoms with van der Waals surface area (Å²) < 4.78 is 15.5. The third-order valence-corrected chi connectivity index (χ3v) is 5.28. The monoisotopic (exact) mass is 437 g/mol. The third kappa shape index (κ3) is 4.22. The standard InChI is InChI=1S/C23H19NO8/c1-2-30-22(26)15-6-16(8-18(7-15)24(28)29)23(27)31-12-17-11-21(25)32-20-10-14-5-3-4-13(14)9-19(17)20/h6-11H,2-5,12H2,1H3. The second kappa shape index (κ2) is 8.62. The molecule has 1 aromatic heterocycles. The van der Waals surface area contributed by atoms with Gasteiger partial charge in [-0.05, 0) is 55.5 Å². The summed E-state index contributed by atoms with van der Waals surface area (Å²) in [7, 11) is 0. The Labute approximate surface area is 181 Å². The molecule has 0 radical (unpaired) electrons. The normalized spacial score (nSPS) is 12.4. The average Bonchev–Trinajstić information content (AvgIpc) is 3.23. The van der Waals surface area contributed by atoms with Crippen LogP contribution < -0.4 is 5.63 Å². The fraction of sp³-hybridized carbons (Fsp3) is 0.261. The van der Waals surface area contributed by atoms with E-state index in [1.54, 1.807) is 6.92 Å². The molecule has 1 aliphatic carbocycles. The molecule has 0 saturated carbocycles. The predicted molar refractivity (Wildman–Crippen MR) is 113 cm³/mol. The second-order valence-electron chi connectivity index (χ2n) is 7.38. The molecule has 4 rings (SSSR count). The summed E-state index contributed by atoms with van der Waals surface area (Å²) in [6, 6.07) is 8.28. The molecular formula is C23H19NO8. The van der Waals surface area contributed by atoms with Gasteiger partial charge in [0, 0.05) is 29.1 Å². The van der Waals surface area contributed by atoms with E-state index in [-0.39, 0.29) is 24.3 Å². The van der Waals surface area contributed by atoms with Crippen LogP contribution in [0.25, 0.3) is 11.0 Å². The highest BCUT2D eigenvalue weighted by Gasteiger charge is 2.21. The van der Waals surface area contributed by atoms with Crippen LogP contribution in [0.2, 0.25) is 0 Å². The van der Waals surface area contributed by atoms with Crippen molar-refractivity contribution in [2.75, 3.05) is 6.61 Å². The van der Waals surface area contributed by atoms with Crippen molar-refractivity contribution in [2.24, 2.45) is 0 Å². The van der Waals surface area contributed by atoms with Gasteiger partial charge in [-0.1, -0.05) is 0 Å². The highest BCUT2D eigenvalue weighted by atomic mass is 16.6. The zero-order valence-electron chi connectivity index (χ0n) is 17.2. The predicted octanol–water partition coefficient (Wildman–Crippen LogP) is 3.72. The Hall–Kier alpha value is -4.01. The van der Waals surface area contributed by atoms with Gasteiger partial charge in [0.05, 0.1) is 22.7 Å². The van der Waals surface area contributed by atoms with Gasteiger partial charge in [0.15, 0.2) is 0 Å². The Morgan fingerprint density at radius 2 is 1.66 bits per heavy atom. The Morgan fingerprint density at radius 3 is 2.31 bits per heavy atom. The molecule has 32 heavy (non-hydrogen) atoms. The van der Waals surface area contributed by atoms with E-state index in [4.69, 9.17) is 13.9 Å². The molecule has 2 aromatic carbocycles. The number of hydrogen-bond acceptors (Lipinski definition) is 8. The molecule has 0 N–H and O–H groups in total. The van der Waals surface area contributed by atoms with Crippen LogP contribution in [0.1, 0.15) is 50.8 Å². The third-order valence-electron chi connectivity index (χ3n) is 5.28. The van der Waals surface area contributed by atoms with Crippen LogP contribution in [0.15, 0.2) is 45.6 Å². The van der Waals surface area contributed by atoms with Crippen molar-refractivity contribution in [3.05, 3.63) is 84.7 Å². The average molecular weight is 437 g/mol. The van der Waals surface area contributed by atoms with E-state index in [0.717, 1.165) is 42.5 Å². The topological polar surface area (TPSA) is 126 Å². The van der Waals surface area contributed by atoms with Gasteiger partial charge in [0.25, 0.3) is 5.69 Å². The molecule has 0 aliphatic heterocycles. The van der Waals surface area contributed by atoms with Crippen LogP contribution in [0, 0.1) is 10.1 Å². The fourth-order valence-corrected chi connectivity index (χ4v) is 3.81. The van der Waals surface area contributed by atoms with Gasteiger partial charge < -0.3 is 13.9 Å². The summed E-state index contributed by atoms with van der Waals surface area (Å²) in [4.78, 5) is 47.1. The highest BCUT2D eigenvalue weighted by molar-refractivity contribution is 5.96. The molecule has 9 nitrogen and oxygen atoms in total. The van der Waals surface area contributed by atoms with Crippen LogP contribution in [-0.4, -0.2) is 23.5 Å². The van der Waals surface area contributed by atoms with Gasteiger partial charge in [0.2, 0.25) is 0 Å². The number of aryl methyl sites for hydroxylation is 2. The molecule has 1 heterocycles. The van der Waals surface area contributed by atoms with Crippen molar-refractivity contribution in [3.8, 4) is 0 Å². The summed E-state index contributed by atoms with van der Waals surface area (Å²) in [5.41, 5.74) is 1.88. The number of carbonyl (C=O) groups is 2. The van der Waals surface area contributed by atoms with Gasteiger partial charge in [-0.2, -0.15) is 0 Å². The first-order valence-electron chi connectivity index (χ1n) is 10.1. The van der Waals surface area contributed by atoms with Crippen molar-refractivity contribution in [1.29, 1.82) is 0 Å². The summed E-state index contributed by atoms with van der Waals surface area (Å²) in [5, 5.41) is 11.9. The number of rotatable bonds is 6. The summed E-state index contributed by atoms with van der Waals surface area (Å²) in [6.07, 6.45) is 2.87. The highest BCUT2D eigenvalue weighted by Crippen LogP contribution is 2.29. The lowest BCUT2D eigenvalue weighted by Crippen LogP contribution is -2.11. The Morgan fingerprint density at radius 1 is 1.00 bits per heavy atom. The first-order chi connectivity index (χ1) is 15.4. The number of nitro benzene ring substituents is 1. The maximum atomic E-state index is 12.6. The van der Waals surface area contributed by atoms with Crippen LogP contribution >= 0.6 is 0 Å². The van der Waals surface area contributed by atoms with E-state index in [1.165, 1.54) is 12.1 Å². The van der Waals surface area contributed by atoms with Crippen molar-refractivity contribution in [1.82, 2.24) is 0 Å². The van der Waals surface area contributed by atoms with E-state index in [2.05, 4.69) is 0 Å². The SMILES string of the molecule is CCOC(=O)c1cc(C(=O)OCc2cc(=O)oc3cc4c(cc23)CCC4)cc([N+](=O)[O-])c1. The molecule has 1 aliphatic rings. The van der Waals surface area contributed by atoms with E-state index in [0.29, 0.717) is 16.5 Å². The zero-order chi connectivity index (χ0) is 22.8. The second-order valence-corrected chi connectivity index (χ2v) is 7.38. The molecule has 0 spiro atoms. The molecule has 164 valence electrons. The lowest BCUT2D eigenvalue weighted by Gasteiger charge is -2.10. The molecule has 0 atom stereocenters. The molecule has 0 saturated heterocycles. The lowest BCUT2D eigenvalue weighted by molar-refractivity contribution is -0.384. The number of fused-ring (bicyclic) bond motifs is 2. The van der Waals surface area contributed by atoms with Crippen LogP contribution in [0.4, 0.5) is 5.69 Å². The number of nitro groups is 1. The Bertz CT molecular complexity index is 1310. The minimum absolute atomic E-state index is 0.0780. The van der Waals surface area contributed by atoms with Crippen LogP contribution in [-0.2, 0) is 28.9 Å². The number of esters is 2. The summed E-state index contributed by atoms with van der Waals surface area (Å²) in [5.74, 6) is -1.66. The molecule has 0 amide bonds. The van der Waals surface area contributed by atoms with E-state index < -0.39 is 28.2 Å². The molecular weight excluding hydrogens is 418 g/mol. The van der Waals surface area contributed by atoms with Crippen molar-refractivity contribution >= 4 is 28.6 Å². The molecule has 0 bridgehead atoms. The first kappa shape index (κ1) is 21.2. The maximum Gasteiger partial charge on any atom is 0.338 e. The van der Waals surface area contributed by atoms with Gasteiger partial charge in [0.1, 0.15) is 12.2 Å². The molecule has 9 heteroatoms. The van der Waals surface area contributed by atoms with Crippen LogP contribution in [0.5, 0.6) is 0 Å². The van der Waals surface area contributed by atoms with Crippen molar-refractivity contribution in [3.63, 3.8) is 0 Å². The molecule has 3 aromatic rings. The lowest BCUT2D eigenvalue weighted by atomic mass is 10.0. The summed E-state index contributed by atoms with van der Waals surface area (Å²) >= 11 is 0. The number of non-ortho nitro benzene ring substituents is 1. The van der Waals surface area contributed by atoms with Crippen LogP contribution in [0.3, 0.4) is 0 Å². The summed E-state index contributed by atoms with van der Waals surface area (Å²) in [6.45, 7) is 1.44. The van der Waals surface area contributed by atoms with Crippen molar-refractivity contribution < 1.29 is 28.4 Å². The Balaban J connectivity index is 1.63. The largest absolute Gasteiger partial charge is 0.462 e. The van der Waals surface area contributed by atoms with E-state index in [1.807, 2.05) is 12.1 Å².